The summed E-state index contributed by atoms with van der Waals surface area (Å²) in [6.45, 7) is 9.65. The maximum Gasteiger partial charge on any atom is 0.165 e. The minimum atomic E-state index is -0.305. The topological polar surface area (TPSA) is 24.5 Å². The molecule has 18 heavy (non-hydrogen) atoms. The highest BCUT2D eigenvalue weighted by Gasteiger charge is 2.01. The molecule has 0 amide bonds. The van der Waals surface area contributed by atoms with Gasteiger partial charge in [-0.2, -0.15) is 0 Å². The van der Waals surface area contributed by atoms with Crippen LogP contribution in [0.1, 0.15) is 13.8 Å². The monoisotopic (exact) mass is 254 g/mol. The fraction of sp³-hybridized carbons (Fsp3) is 0.571. The summed E-state index contributed by atoms with van der Waals surface area (Å²) in [6.07, 6.45) is 0. The van der Waals surface area contributed by atoms with E-state index in [0.717, 1.165) is 32.7 Å². The quantitative estimate of drug-likeness (QED) is 0.683. The van der Waals surface area contributed by atoms with Crippen molar-refractivity contribution in [2.45, 2.75) is 13.8 Å². The summed E-state index contributed by atoms with van der Waals surface area (Å²) in [4.78, 5) is 2.35. The van der Waals surface area contributed by atoms with E-state index in [1.807, 2.05) is 0 Å². The lowest BCUT2D eigenvalue weighted by Crippen LogP contribution is -2.33. The van der Waals surface area contributed by atoms with Crippen molar-refractivity contribution in [3.63, 3.8) is 0 Å². The molecule has 0 aliphatic heterocycles. The van der Waals surface area contributed by atoms with Crippen molar-refractivity contribution in [1.29, 1.82) is 0 Å². The van der Waals surface area contributed by atoms with Crippen LogP contribution in [0.25, 0.3) is 0 Å². The highest BCUT2D eigenvalue weighted by molar-refractivity contribution is 5.23. The van der Waals surface area contributed by atoms with Crippen LogP contribution in [-0.4, -0.2) is 44.2 Å². The van der Waals surface area contributed by atoms with Crippen molar-refractivity contribution < 1.29 is 9.13 Å². The van der Waals surface area contributed by atoms with Gasteiger partial charge in [0.1, 0.15) is 6.61 Å². The first-order chi connectivity index (χ1) is 8.77. The number of rotatable bonds is 9. The van der Waals surface area contributed by atoms with Crippen LogP contribution < -0.4 is 10.1 Å². The maximum absolute atomic E-state index is 13.2. The van der Waals surface area contributed by atoms with Crippen molar-refractivity contribution >= 4 is 0 Å². The van der Waals surface area contributed by atoms with Crippen LogP contribution in [0.3, 0.4) is 0 Å². The van der Waals surface area contributed by atoms with Gasteiger partial charge >= 0.3 is 0 Å². The van der Waals surface area contributed by atoms with Gasteiger partial charge in [0, 0.05) is 19.6 Å². The third kappa shape index (κ3) is 5.47. The summed E-state index contributed by atoms with van der Waals surface area (Å²) in [6, 6.07) is 6.48. The molecular weight excluding hydrogens is 231 g/mol. The van der Waals surface area contributed by atoms with Gasteiger partial charge in [-0.05, 0) is 25.2 Å². The maximum atomic E-state index is 13.2. The van der Waals surface area contributed by atoms with Gasteiger partial charge in [0.05, 0.1) is 0 Å². The van der Waals surface area contributed by atoms with Crippen LogP contribution in [0.2, 0.25) is 0 Å². The van der Waals surface area contributed by atoms with Crippen molar-refractivity contribution in [3.05, 3.63) is 30.1 Å². The molecule has 0 aliphatic rings. The molecular formula is C14H23FN2O. The zero-order valence-corrected chi connectivity index (χ0v) is 11.3. The normalized spacial score (nSPS) is 10.9. The van der Waals surface area contributed by atoms with Gasteiger partial charge in [0.2, 0.25) is 0 Å². The molecule has 1 N–H and O–H groups in total. The number of para-hydroxylation sites is 1. The minimum absolute atomic E-state index is 0.305. The summed E-state index contributed by atoms with van der Waals surface area (Å²) in [5.74, 6) is 0.0173. The number of nitrogens with one attached hydrogen (secondary N) is 1. The van der Waals surface area contributed by atoms with Crippen LogP contribution >= 0.6 is 0 Å². The van der Waals surface area contributed by atoms with Crippen LogP contribution in [0.4, 0.5) is 4.39 Å². The van der Waals surface area contributed by atoms with Crippen LogP contribution in [-0.2, 0) is 0 Å². The molecule has 0 spiro atoms. The van der Waals surface area contributed by atoms with E-state index in [1.54, 1.807) is 18.2 Å². The third-order valence-corrected chi connectivity index (χ3v) is 2.87. The predicted octanol–water partition coefficient (Wildman–Crippen LogP) is 2.14. The number of halogens is 1. The van der Waals surface area contributed by atoms with Crippen molar-refractivity contribution in [2.75, 3.05) is 39.3 Å². The van der Waals surface area contributed by atoms with Crippen molar-refractivity contribution in [1.82, 2.24) is 10.2 Å². The highest BCUT2D eigenvalue weighted by atomic mass is 19.1. The molecule has 0 fully saturated rings. The Morgan fingerprint density at radius 1 is 1.17 bits per heavy atom. The Bertz CT molecular complexity index is 329. The van der Waals surface area contributed by atoms with E-state index >= 15 is 0 Å². The molecule has 0 heterocycles. The second-order valence-electron chi connectivity index (χ2n) is 4.06. The van der Waals surface area contributed by atoms with E-state index < -0.39 is 0 Å². The highest BCUT2D eigenvalue weighted by Crippen LogP contribution is 2.14. The van der Waals surface area contributed by atoms with Gasteiger partial charge in [-0.15, -0.1) is 0 Å². The second-order valence-corrected chi connectivity index (χ2v) is 4.06. The van der Waals surface area contributed by atoms with Crippen LogP contribution in [0.5, 0.6) is 5.75 Å². The van der Waals surface area contributed by atoms with Gasteiger partial charge in [0.25, 0.3) is 0 Å². The van der Waals surface area contributed by atoms with E-state index in [0.29, 0.717) is 12.4 Å². The first-order valence-electron chi connectivity index (χ1n) is 6.58. The Morgan fingerprint density at radius 2 is 1.89 bits per heavy atom. The van der Waals surface area contributed by atoms with E-state index in [9.17, 15) is 4.39 Å². The summed E-state index contributed by atoms with van der Waals surface area (Å²) in [5, 5.41) is 3.29. The first-order valence-corrected chi connectivity index (χ1v) is 6.58. The van der Waals surface area contributed by atoms with Crippen LogP contribution in [0.15, 0.2) is 24.3 Å². The zero-order valence-electron chi connectivity index (χ0n) is 11.3. The number of benzene rings is 1. The largest absolute Gasteiger partial charge is 0.489 e. The van der Waals surface area contributed by atoms with Gasteiger partial charge in [-0.25, -0.2) is 4.39 Å². The molecule has 0 saturated heterocycles. The van der Waals surface area contributed by atoms with Gasteiger partial charge in [-0.3, -0.25) is 0 Å². The molecule has 0 saturated carbocycles. The Hall–Kier alpha value is -1.13. The Labute approximate surface area is 109 Å². The van der Waals surface area contributed by atoms with Crippen molar-refractivity contribution in [3.8, 4) is 5.75 Å². The fourth-order valence-electron chi connectivity index (χ4n) is 1.70. The van der Waals surface area contributed by atoms with E-state index in [-0.39, 0.29) is 5.82 Å². The molecule has 102 valence electrons. The lowest BCUT2D eigenvalue weighted by molar-refractivity contribution is 0.279. The Morgan fingerprint density at radius 3 is 2.56 bits per heavy atom. The number of hydrogen-bond acceptors (Lipinski definition) is 3. The smallest absolute Gasteiger partial charge is 0.165 e. The average Bonchev–Trinajstić information content (AvgIpc) is 2.40. The summed E-state index contributed by atoms with van der Waals surface area (Å²) in [7, 11) is 0. The Kier molecular flexibility index (Phi) is 7.37. The number of nitrogens with zero attached hydrogens (tertiary/aromatic N) is 1. The summed E-state index contributed by atoms with van der Waals surface area (Å²) in [5.41, 5.74) is 0. The van der Waals surface area contributed by atoms with E-state index in [4.69, 9.17) is 4.74 Å². The fourth-order valence-corrected chi connectivity index (χ4v) is 1.70. The van der Waals surface area contributed by atoms with Crippen LogP contribution in [0, 0.1) is 5.82 Å². The third-order valence-electron chi connectivity index (χ3n) is 2.87. The standard InChI is InChI=1S/C14H23FN2O/c1-3-17(4-2)11-9-16-10-12-18-14-8-6-5-7-13(14)15/h5-8,16H,3-4,9-12H2,1-2H3. The molecule has 0 radical (unpaired) electrons. The lowest BCUT2D eigenvalue weighted by atomic mass is 10.3. The summed E-state index contributed by atoms with van der Waals surface area (Å²) >= 11 is 0. The second kappa shape index (κ2) is 8.89. The van der Waals surface area contributed by atoms with E-state index in [1.165, 1.54) is 6.07 Å². The van der Waals surface area contributed by atoms with Gasteiger partial charge < -0.3 is 15.0 Å². The number of ether oxygens (including phenoxy) is 1. The minimum Gasteiger partial charge on any atom is -0.489 e. The van der Waals surface area contributed by atoms with Crippen molar-refractivity contribution in [2.24, 2.45) is 0 Å². The molecule has 0 bridgehead atoms. The SMILES string of the molecule is CCN(CC)CCNCCOc1ccccc1F. The molecule has 0 aliphatic carbocycles. The first kappa shape index (κ1) is 14.9. The van der Waals surface area contributed by atoms with Gasteiger partial charge in [-0.1, -0.05) is 26.0 Å². The Balaban J connectivity index is 2.07. The zero-order chi connectivity index (χ0) is 13.2. The number of hydrogen-bond donors (Lipinski definition) is 1. The molecule has 4 heteroatoms. The predicted molar refractivity (Wildman–Crippen MR) is 72.6 cm³/mol. The lowest BCUT2D eigenvalue weighted by Gasteiger charge is -2.18. The molecule has 0 aromatic heterocycles. The van der Waals surface area contributed by atoms with Gasteiger partial charge in [0.15, 0.2) is 11.6 Å². The summed E-state index contributed by atoms with van der Waals surface area (Å²) < 4.78 is 18.6. The molecule has 1 rings (SSSR count). The average molecular weight is 254 g/mol. The molecule has 1 aromatic rings. The molecule has 1 aromatic carbocycles. The molecule has 0 atom stereocenters. The molecule has 3 nitrogen and oxygen atoms in total. The number of likely N-dealkylation sites (N-methyl/N-ethyl adjacent to an activating group) is 1. The molecule has 0 unspecified atom stereocenters. The van der Waals surface area contributed by atoms with E-state index in [2.05, 4.69) is 24.1 Å².